The van der Waals surface area contributed by atoms with E-state index in [1.807, 2.05) is 0 Å². The highest BCUT2D eigenvalue weighted by atomic mass is 32.2. The van der Waals surface area contributed by atoms with Gasteiger partial charge in [0.15, 0.2) is 0 Å². The molecule has 0 spiro atoms. The predicted octanol–water partition coefficient (Wildman–Crippen LogP) is 5.68. The van der Waals surface area contributed by atoms with E-state index >= 15 is 0 Å². The van der Waals surface area contributed by atoms with Gasteiger partial charge in [-0.25, -0.2) is 5.26 Å². The zero-order valence-electron chi connectivity index (χ0n) is 33.1. The molecule has 320 valence electrons. The van der Waals surface area contributed by atoms with Gasteiger partial charge in [0, 0.05) is 67.0 Å². The average Bonchev–Trinajstić information content (AvgIpc) is 3.27. The summed E-state index contributed by atoms with van der Waals surface area (Å²) in [4.78, 5) is 49.9. The van der Waals surface area contributed by atoms with Crippen LogP contribution >= 0.6 is 12.0 Å². The molecule has 0 atom stereocenters. The second-order valence-corrected chi connectivity index (χ2v) is 14.6. The lowest BCUT2D eigenvalue weighted by molar-refractivity contribution is -0.432. The average molecular weight is 883 g/mol. The number of hydrogen-bond donors (Lipinski definition) is 10. The Bertz CT molecular complexity index is 2710. The van der Waals surface area contributed by atoms with Crippen molar-refractivity contribution >= 4 is 105 Å². The van der Waals surface area contributed by atoms with Gasteiger partial charge in [0.25, 0.3) is 21.9 Å². The number of nitrogens with one attached hydrogen (secondary N) is 8. The summed E-state index contributed by atoms with van der Waals surface area (Å²) in [5.74, 6) is 0.497. The van der Waals surface area contributed by atoms with Crippen LogP contribution in [0.25, 0.3) is 12.2 Å². The molecule has 0 radical (unpaired) electrons. The Kier molecular flexibility index (Phi) is 14.4. The van der Waals surface area contributed by atoms with Crippen molar-refractivity contribution in [3.8, 4) is 0 Å². The first-order chi connectivity index (χ1) is 29.9. The number of anilines is 10. The number of rotatable bonds is 18. The zero-order chi connectivity index (χ0) is 44.2. The minimum absolute atomic E-state index is 0.0421. The standard InChI is InChI=1S/C38H38N14O8S2/c1-39-31(53)23-9-13-25(14-10-23)43-35-47-33(41-3)49-37(51-35)45-27-17-7-21(29(19-27)61-60-59-55)5-6-22-8-18-28(20-30(22)62(56,57)58)46-38-50-34(42-4)48-36(52-38)44-26-15-11-24(12-16-26)32(54)40-2/h5-20,55H,1-4H3,(H,39,53)(H,40,54)(H,56,57,58)(H3,41,43,45,47,49,51)(H3,42,44,46,48,50,52)/b6-5+. The van der Waals surface area contributed by atoms with Crippen LogP contribution in [0.1, 0.15) is 31.8 Å². The van der Waals surface area contributed by atoms with Crippen LogP contribution in [0, 0.1) is 0 Å². The topological polar surface area (TPSA) is 301 Å². The first kappa shape index (κ1) is 44.1. The second kappa shape index (κ2) is 20.2. The van der Waals surface area contributed by atoms with E-state index in [0.717, 1.165) is 0 Å². The van der Waals surface area contributed by atoms with Gasteiger partial charge in [-0.3, -0.25) is 14.1 Å². The van der Waals surface area contributed by atoms with Gasteiger partial charge in [-0.05, 0) is 83.9 Å². The van der Waals surface area contributed by atoms with Crippen molar-refractivity contribution in [3.05, 3.63) is 107 Å². The molecule has 0 unspecified atom stereocenters. The molecule has 0 aliphatic heterocycles. The summed E-state index contributed by atoms with van der Waals surface area (Å²) in [7, 11) is 1.57. The van der Waals surface area contributed by atoms with Crippen molar-refractivity contribution in [1.82, 2.24) is 40.5 Å². The normalized spacial score (nSPS) is 11.1. The third-order valence-electron chi connectivity index (χ3n) is 8.39. The number of carbonyl (C=O) groups excluding carboxylic acids is 2. The maximum absolute atomic E-state index is 12.7. The van der Waals surface area contributed by atoms with Gasteiger partial charge in [0.1, 0.15) is 4.90 Å². The van der Waals surface area contributed by atoms with E-state index in [2.05, 4.69) is 77.5 Å². The number of amides is 2. The smallest absolute Gasteiger partial charge is 0.295 e. The minimum atomic E-state index is -4.76. The number of hydrogen-bond acceptors (Lipinski definition) is 20. The van der Waals surface area contributed by atoms with E-state index in [9.17, 15) is 22.6 Å². The molecule has 0 aliphatic rings. The van der Waals surface area contributed by atoms with Crippen molar-refractivity contribution < 1.29 is 37.2 Å². The molecule has 2 amide bonds. The number of benzene rings is 4. The van der Waals surface area contributed by atoms with Gasteiger partial charge in [-0.1, -0.05) is 29.3 Å². The van der Waals surface area contributed by atoms with Crippen molar-refractivity contribution in [3.63, 3.8) is 0 Å². The Morgan fingerprint density at radius 3 is 1.37 bits per heavy atom. The minimum Gasteiger partial charge on any atom is -0.357 e. The lowest BCUT2D eigenvalue weighted by Crippen LogP contribution is -2.17. The summed E-state index contributed by atoms with van der Waals surface area (Å²) in [6, 6.07) is 22.5. The van der Waals surface area contributed by atoms with Crippen LogP contribution < -0.4 is 42.5 Å². The molecule has 24 heteroatoms. The summed E-state index contributed by atoms with van der Waals surface area (Å²) in [5.41, 5.74) is 3.46. The Morgan fingerprint density at radius 2 is 0.952 bits per heavy atom. The summed E-state index contributed by atoms with van der Waals surface area (Å²) < 4.78 is 40.3. The van der Waals surface area contributed by atoms with Crippen LogP contribution in [0.4, 0.5) is 58.4 Å². The van der Waals surface area contributed by atoms with Crippen LogP contribution in [0.15, 0.2) is 94.7 Å². The third kappa shape index (κ3) is 11.6. The van der Waals surface area contributed by atoms with Crippen molar-refractivity contribution in [1.29, 1.82) is 0 Å². The van der Waals surface area contributed by atoms with Crippen LogP contribution in [0.5, 0.6) is 0 Å². The largest absolute Gasteiger partial charge is 0.357 e. The first-order valence-electron chi connectivity index (χ1n) is 18.1. The number of aromatic nitrogens is 6. The van der Waals surface area contributed by atoms with Crippen LogP contribution in [-0.4, -0.2) is 88.1 Å². The summed E-state index contributed by atoms with van der Waals surface area (Å²) in [6.07, 6.45) is 3.02. The predicted molar refractivity (Wildman–Crippen MR) is 234 cm³/mol. The molecule has 2 aromatic heterocycles. The fraction of sp³-hybridized carbons (Fsp3) is 0.105. The summed E-state index contributed by atoms with van der Waals surface area (Å²) in [5, 5.41) is 35.8. The van der Waals surface area contributed by atoms with E-state index in [-0.39, 0.29) is 58.8 Å². The molecule has 0 aliphatic carbocycles. The fourth-order valence-electron chi connectivity index (χ4n) is 5.44. The van der Waals surface area contributed by atoms with Gasteiger partial charge in [0.05, 0.1) is 12.0 Å². The van der Waals surface area contributed by atoms with E-state index in [1.54, 1.807) is 100 Å². The van der Waals surface area contributed by atoms with Crippen molar-refractivity contribution in [2.75, 3.05) is 60.1 Å². The molecule has 0 bridgehead atoms. The molecule has 22 nitrogen and oxygen atoms in total. The molecule has 0 saturated carbocycles. The van der Waals surface area contributed by atoms with Crippen LogP contribution in [0.2, 0.25) is 0 Å². The van der Waals surface area contributed by atoms with E-state index in [4.69, 9.17) is 9.59 Å². The van der Waals surface area contributed by atoms with E-state index in [1.165, 1.54) is 25.3 Å². The molecule has 10 N–H and O–H groups in total. The third-order valence-corrected chi connectivity index (χ3v) is 9.96. The maximum Gasteiger partial charge on any atom is 0.295 e. The van der Waals surface area contributed by atoms with Gasteiger partial charge < -0.3 is 42.5 Å². The zero-order valence-corrected chi connectivity index (χ0v) is 34.7. The van der Waals surface area contributed by atoms with Crippen molar-refractivity contribution in [2.45, 2.75) is 9.79 Å². The van der Waals surface area contributed by atoms with E-state index < -0.39 is 15.0 Å². The van der Waals surface area contributed by atoms with Crippen LogP contribution in [-0.2, 0) is 19.5 Å². The SMILES string of the molecule is CNC(=O)c1ccc(Nc2nc(NC)nc(Nc3ccc(/C=C/c4ccc(Nc5nc(NC)nc(Nc6ccc(C(=O)NC)cc6)n5)cc4S(=O)(=O)O)c(SOOO)c3)n2)cc1. The van der Waals surface area contributed by atoms with E-state index in [0.29, 0.717) is 50.7 Å². The summed E-state index contributed by atoms with van der Waals surface area (Å²) in [6.45, 7) is 0. The van der Waals surface area contributed by atoms with Gasteiger partial charge in [-0.2, -0.15) is 38.3 Å². The van der Waals surface area contributed by atoms with Gasteiger partial charge >= 0.3 is 0 Å². The molecule has 6 aromatic rings. The Balaban J connectivity index is 1.21. The Labute approximate surface area is 358 Å². The molecule has 6 rings (SSSR count). The molecular formula is C38H38N14O8S2. The molecule has 2 heterocycles. The molecule has 0 fully saturated rings. The second-order valence-electron chi connectivity index (χ2n) is 12.5. The highest BCUT2D eigenvalue weighted by Gasteiger charge is 2.17. The maximum atomic E-state index is 12.7. The quantitative estimate of drug-likeness (QED) is 0.0163. The lowest BCUT2D eigenvalue weighted by Gasteiger charge is -2.12. The van der Waals surface area contributed by atoms with Crippen LogP contribution in [0.3, 0.4) is 0 Å². The number of carbonyl (C=O) groups is 2. The highest BCUT2D eigenvalue weighted by Crippen LogP contribution is 2.32. The molecule has 62 heavy (non-hydrogen) atoms. The van der Waals surface area contributed by atoms with Crippen molar-refractivity contribution in [2.24, 2.45) is 0 Å². The van der Waals surface area contributed by atoms with Gasteiger partial charge in [0.2, 0.25) is 35.7 Å². The Morgan fingerprint density at radius 1 is 0.565 bits per heavy atom. The molecule has 4 aromatic carbocycles. The Hall–Kier alpha value is -7.48. The highest BCUT2D eigenvalue weighted by molar-refractivity contribution is 7.94. The molecular weight excluding hydrogens is 845 g/mol. The molecule has 0 saturated heterocycles. The first-order valence-corrected chi connectivity index (χ1v) is 20.2. The number of nitrogens with zero attached hydrogens (tertiary/aromatic N) is 6. The summed E-state index contributed by atoms with van der Waals surface area (Å²) >= 11 is 0.652. The lowest BCUT2D eigenvalue weighted by atomic mass is 10.1. The fourth-order valence-corrected chi connectivity index (χ4v) is 6.66. The monoisotopic (exact) mass is 882 g/mol. The van der Waals surface area contributed by atoms with Gasteiger partial charge in [-0.15, -0.1) is 4.33 Å².